The summed E-state index contributed by atoms with van der Waals surface area (Å²) in [7, 11) is 0. The molecule has 0 aliphatic heterocycles. The van der Waals surface area contributed by atoms with Crippen LogP contribution in [0.2, 0.25) is 0 Å². The van der Waals surface area contributed by atoms with Crippen LogP contribution in [0.5, 0.6) is 0 Å². The Labute approximate surface area is 107 Å². The highest BCUT2D eigenvalue weighted by molar-refractivity contribution is 4.87. The Kier molecular flexibility index (Phi) is 5.30. The highest BCUT2D eigenvalue weighted by Gasteiger charge is 2.33. The van der Waals surface area contributed by atoms with Crippen LogP contribution in [-0.4, -0.2) is 6.04 Å². The van der Waals surface area contributed by atoms with Gasteiger partial charge in [0, 0.05) is 6.04 Å². The molecule has 2 heteroatoms. The van der Waals surface area contributed by atoms with E-state index in [4.69, 9.17) is 5.84 Å². The molecule has 2 saturated carbocycles. The molecule has 1 unspecified atom stereocenters. The number of hydrogen-bond donors (Lipinski definition) is 2. The molecule has 0 radical (unpaired) electrons. The van der Waals surface area contributed by atoms with Crippen molar-refractivity contribution in [2.45, 2.75) is 77.2 Å². The number of hydrogen-bond acceptors (Lipinski definition) is 2. The van der Waals surface area contributed by atoms with Gasteiger partial charge in [0.05, 0.1) is 0 Å². The second-order valence-corrected chi connectivity index (χ2v) is 6.31. The summed E-state index contributed by atoms with van der Waals surface area (Å²) in [6.45, 7) is 2.31. The Bertz CT molecular complexity index is 203. The molecule has 2 aliphatic rings. The van der Waals surface area contributed by atoms with Crippen LogP contribution in [0.1, 0.15) is 71.1 Å². The van der Waals surface area contributed by atoms with Crippen molar-refractivity contribution in [3.05, 3.63) is 0 Å². The normalized spacial score (nSPS) is 32.8. The Morgan fingerprint density at radius 1 is 1.00 bits per heavy atom. The number of hydrazine groups is 1. The highest BCUT2D eigenvalue weighted by Crippen LogP contribution is 2.38. The summed E-state index contributed by atoms with van der Waals surface area (Å²) in [5.41, 5.74) is 3.16. The summed E-state index contributed by atoms with van der Waals surface area (Å²) in [6, 6.07) is 0.611. The van der Waals surface area contributed by atoms with Crippen molar-refractivity contribution in [2.75, 3.05) is 0 Å². The molecule has 1 atom stereocenters. The molecule has 3 N–H and O–H groups in total. The Morgan fingerprint density at radius 3 is 2.12 bits per heavy atom. The molecular formula is C15H30N2. The largest absolute Gasteiger partial charge is 0.271 e. The molecule has 0 aromatic heterocycles. The first-order chi connectivity index (χ1) is 8.35. The molecule has 2 aliphatic carbocycles. The SMILES string of the molecule is CCCC1CCC(C(NN)C2CCCC2)CC1. The molecule has 0 spiro atoms. The molecule has 2 rings (SSSR count). The van der Waals surface area contributed by atoms with Gasteiger partial charge in [-0.1, -0.05) is 45.4 Å². The minimum absolute atomic E-state index is 0.611. The van der Waals surface area contributed by atoms with Crippen LogP contribution in [0.3, 0.4) is 0 Å². The van der Waals surface area contributed by atoms with E-state index in [1.54, 1.807) is 0 Å². The van der Waals surface area contributed by atoms with E-state index in [0.29, 0.717) is 6.04 Å². The Morgan fingerprint density at radius 2 is 1.59 bits per heavy atom. The topological polar surface area (TPSA) is 38.0 Å². The molecule has 100 valence electrons. The zero-order valence-corrected chi connectivity index (χ0v) is 11.5. The predicted molar refractivity (Wildman–Crippen MR) is 73.4 cm³/mol. The molecule has 0 saturated heterocycles. The summed E-state index contributed by atoms with van der Waals surface area (Å²) in [6.07, 6.45) is 14.2. The van der Waals surface area contributed by atoms with E-state index in [1.807, 2.05) is 0 Å². The van der Waals surface area contributed by atoms with Crippen LogP contribution >= 0.6 is 0 Å². The molecule has 0 aromatic carbocycles. The first-order valence-electron chi connectivity index (χ1n) is 7.81. The standard InChI is InChI=1S/C15H30N2/c1-2-5-12-8-10-14(11-9-12)15(17-16)13-6-3-4-7-13/h12-15,17H,2-11,16H2,1H3. The Balaban J connectivity index is 1.81. The minimum Gasteiger partial charge on any atom is -0.271 e. The molecule has 2 nitrogen and oxygen atoms in total. The van der Waals surface area contributed by atoms with Gasteiger partial charge >= 0.3 is 0 Å². The lowest BCUT2D eigenvalue weighted by Crippen LogP contribution is -2.46. The third-order valence-corrected chi connectivity index (χ3v) is 5.20. The van der Waals surface area contributed by atoms with Gasteiger partial charge in [0.1, 0.15) is 0 Å². The first kappa shape index (κ1) is 13.4. The molecule has 17 heavy (non-hydrogen) atoms. The van der Waals surface area contributed by atoms with E-state index in [9.17, 15) is 0 Å². The quantitative estimate of drug-likeness (QED) is 0.567. The van der Waals surface area contributed by atoms with Crippen molar-refractivity contribution >= 4 is 0 Å². The number of nitrogens with one attached hydrogen (secondary N) is 1. The van der Waals surface area contributed by atoms with Crippen LogP contribution in [0, 0.1) is 17.8 Å². The molecule has 0 bridgehead atoms. The van der Waals surface area contributed by atoms with Gasteiger partial charge < -0.3 is 0 Å². The van der Waals surface area contributed by atoms with E-state index in [1.165, 1.54) is 64.2 Å². The van der Waals surface area contributed by atoms with Crippen LogP contribution in [0.15, 0.2) is 0 Å². The van der Waals surface area contributed by atoms with Gasteiger partial charge in [0.25, 0.3) is 0 Å². The molecule has 0 heterocycles. The average molecular weight is 238 g/mol. The van der Waals surface area contributed by atoms with Crippen molar-refractivity contribution in [3.63, 3.8) is 0 Å². The summed E-state index contributed by atoms with van der Waals surface area (Å²) in [5, 5.41) is 0. The maximum atomic E-state index is 5.83. The van der Waals surface area contributed by atoms with Crippen LogP contribution in [0.4, 0.5) is 0 Å². The monoisotopic (exact) mass is 238 g/mol. The maximum absolute atomic E-state index is 5.83. The molecule has 2 fully saturated rings. The van der Waals surface area contributed by atoms with Crippen LogP contribution in [0.25, 0.3) is 0 Å². The van der Waals surface area contributed by atoms with E-state index in [-0.39, 0.29) is 0 Å². The third kappa shape index (κ3) is 3.45. The maximum Gasteiger partial charge on any atom is 0.0266 e. The zero-order valence-electron chi connectivity index (χ0n) is 11.5. The van der Waals surface area contributed by atoms with Gasteiger partial charge in [-0.05, 0) is 43.4 Å². The molecule has 0 amide bonds. The summed E-state index contributed by atoms with van der Waals surface area (Å²) < 4.78 is 0. The summed E-state index contributed by atoms with van der Waals surface area (Å²) >= 11 is 0. The summed E-state index contributed by atoms with van der Waals surface area (Å²) in [5.74, 6) is 8.56. The average Bonchev–Trinajstić information content (AvgIpc) is 2.86. The fraction of sp³-hybridized carbons (Fsp3) is 1.00. The van der Waals surface area contributed by atoms with E-state index >= 15 is 0 Å². The van der Waals surface area contributed by atoms with Crippen molar-refractivity contribution in [1.29, 1.82) is 0 Å². The van der Waals surface area contributed by atoms with Crippen molar-refractivity contribution < 1.29 is 0 Å². The Hall–Kier alpha value is -0.0800. The number of nitrogens with two attached hydrogens (primary N) is 1. The number of rotatable bonds is 5. The van der Waals surface area contributed by atoms with Crippen LogP contribution < -0.4 is 11.3 Å². The van der Waals surface area contributed by atoms with Crippen molar-refractivity contribution in [1.82, 2.24) is 5.43 Å². The predicted octanol–water partition coefficient (Wildman–Crippen LogP) is 3.62. The van der Waals surface area contributed by atoms with Gasteiger partial charge in [-0.2, -0.15) is 0 Å². The van der Waals surface area contributed by atoms with Gasteiger partial charge in [0.15, 0.2) is 0 Å². The second-order valence-electron chi connectivity index (χ2n) is 6.31. The van der Waals surface area contributed by atoms with Crippen molar-refractivity contribution in [2.24, 2.45) is 23.6 Å². The lowest BCUT2D eigenvalue weighted by atomic mass is 9.74. The van der Waals surface area contributed by atoms with Gasteiger partial charge in [-0.15, -0.1) is 0 Å². The molecular weight excluding hydrogens is 208 g/mol. The van der Waals surface area contributed by atoms with Gasteiger partial charge in [-0.3, -0.25) is 11.3 Å². The molecule has 0 aromatic rings. The van der Waals surface area contributed by atoms with Gasteiger partial charge in [0.2, 0.25) is 0 Å². The van der Waals surface area contributed by atoms with Gasteiger partial charge in [-0.25, -0.2) is 0 Å². The smallest absolute Gasteiger partial charge is 0.0266 e. The lowest BCUT2D eigenvalue weighted by Gasteiger charge is -2.36. The van der Waals surface area contributed by atoms with Crippen molar-refractivity contribution in [3.8, 4) is 0 Å². The lowest BCUT2D eigenvalue weighted by molar-refractivity contribution is 0.174. The van der Waals surface area contributed by atoms with E-state index < -0.39 is 0 Å². The fourth-order valence-electron chi connectivity index (χ4n) is 4.22. The van der Waals surface area contributed by atoms with Crippen LogP contribution in [-0.2, 0) is 0 Å². The fourth-order valence-corrected chi connectivity index (χ4v) is 4.22. The summed E-state index contributed by atoms with van der Waals surface area (Å²) in [4.78, 5) is 0. The third-order valence-electron chi connectivity index (χ3n) is 5.20. The zero-order chi connectivity index (χ0) is 12.1. The van der Waals surface area contributed by atoms with E-state index in [2.05, 4.69) is 12.3 Å². The second kappa shape index (κ2) is 6.75. The first-order valence-corrected chi connectivity index (χ1v) is 7.81. The van der Waals surface area contributed by atoms with E-state index in [0.717, 1.165) is 17.8 Å². The highest BCUT2D eigenvalue weighted by atomic mass is 15.2. The minimum atomic E-state index is 0.611.